The van der Waals surface area contributed by atoms with Crippen molar-refractivity contribution in [1.29, 1.82) is 0 Å². The van der Waals surface area contributed by atoms with Gasteiger partial charge in [-0.1, -0.05) is 17.7 Å². The van der Waals surface area contributed by atoms with Gasteiger partial charge in [0.1, 0.15) is 17.5 Å². The van der Waals surface area contributed by atoms with Gasteiger partial charge in [0.25, 0.3) is 0 Å². The summed E-state index contributed by atoms with van der Waals surface area (Å²) in [6.07, 6.45) is 1.49. The molecular formula is C23H31N3O6S2. The number of ether oxygens (including phenoxy) is 3. The molecule has 0 aliphatic rings. The van der Waals surface area contributed by atoms with Gasteiger partial charge in [-0.2, -0.15) is 4.72 Å². The van der Waals surface area contributed by atoms with Gasteiger partial charge in [-0.15, -0.1) is 0 Å². The Labute approximate surface area is 206 Å². The average Bonchev–Trinajstić information content (AvgIpc) is 2.82. The van der Waals surface area contributed by atoms with Crippen molar-refractivity contribution in [2.75, 3.05) is 33.2 Å². The van der Waals surface area contributed by atoms with Gasteiger partial charge in [0.05, 0.1) is 31.9 Å². The highest BCUT2D eigenvalue weighted by Gasteiger charge is 2.26. The number of methoxy groups -OCH3 is 3. The minimum absolute atomic E-state index is 0.0954. The first-order valence-electron chi connectivity index (χ1n) is 10.6. The number of anilines is 1. The van der Waals surface area contributed by atoms with Gasteiger partial charge < -0.3 is 24.8 Å². The van der Waals surface area contributed by atoms with E-state index in [9.17, 15) is 13.2 Å². The van der Waals surface area contributed by atoms with E-state index >= 15 is 0 Å². The second-order valence-electron chi connectivity index (χ2n) is 7.45. The highest BCUT2D eigenvalue weighted by atomic mass is 32.2. The lowest BCUT2D eigenvalue weighted by Gasteiger charge is -2.17. The topological polar surface area (TPSA) is 115 Å². The smallest absolute Gasteiger partial charge is 0.323 e. The minimum atomic E-state index is -3.85. The van der Waals surface area contributed by atoms with E-state index in [4.69, 9.17) is 26.4 Å². The molecule has 0 aliphatic carbocycles. The molecular weight excluding hydrogens is 478 g/mol. The number of aryl methyl sites for hydroxylation is 1. The first-order valence-corrected chi connectivity index (χ1v) is 12.5. The molecule has 0 aliphatic heterocycles. The van der Waals surface area contributed by atoms with Crippen LogP contribution in [-0.2, 0) is 19.6 Å². The molecule has 0 saturated carbocycles. The molecule has 1 atom stereocenters. The van der Waals surface area contributed by atoms with E-state index in [2.05, 4.69) is 15.4 Å². The molecule has 1 unspecified atom stereocenters. The van der Waals surface area contributed by atoms with E-state index < -0.39 is 22.0 Å². The van der Waals surface area contributed by atoms with Crippen LogP contribution in [-0.4, -0.2) is 53.4 Å². The third-order valence-corrected chi connectivity index (χ3v) is 6.71. The first kappa shape index (κ1) is 27.4. The lowest BCUT2D eigenvalue weighted by molar-refractivity contribution is -0.142. The molecule has 2 aromatic rings. The van der Waals surface area contributed by atoms with Crippen molar-refractivity contribution in [2.24, 2.45) is 0 Å². The molecule has 11 heteroatoms. The van der Waals surface area contributed by atoms with Crippen LogP contribution in [0.5, 0.6) is 11.5 Å². The maximum absolute atomic E-state index is 12.6. The zero-order chi connectivity index (χ0) is 25.1. The monoisotopic (exact) mass is 509 g/mol. The number of nitrogens with one attached hydrogen (secondary N) is 3. The Balaban J connectivity index is 1.85. The highest BCUT2D eigenvalue weighted by molar-refractivity contribution is 7.89. The second kappa shape index (κ2) is 13.1. The molecule has 34 heavy (non-hydrogen) atoms. The zero-order valence-corrected chi connectivity index (χ0v) is 21.3. The predicted octanol–water partition coefficient (Wildman–Crippen LogP) is 2.99. The highest BCUT2D eigenvalue weighted by Crippen LogP contribution is 2.28. The predicted molar refractivity (Wildman–Crippen MR) is 135 cm³/mol. The first-order chi connectivity index (χ1) is 16.2. The van der Waals surface area contributed by atoms with Crippen LogP contribution in [0, 0.1) is 6.92 Å². The van der Waals surface area contributed by atoms with Crippen molar-refractivity contribution >= 4 is 39.0 Å². The molecule has 2 rings (SSSR count). The largest absolute Gasteiger partial charge is 0.497 e. The summed E-state index contributed by atoms with van der Waals surface area (Å²) >= 11 is 5.34. The molecule has 0 saturated heterocycles. The molecule has 2 aromatic carbocycles. The van der Waals surface area contributed by atoms with Gasteiger partial charge >= 0.3 is 5.97 Å². The molecule has 0 amide bonds. The van der Waals surface area contributed by atoms with E-state index in [0.29, 0.717) is 41.7 Å². The Morgan fingerprint density at radius 1 is 1.03 bits per heavy atom. The summed E-state index contributed by atoms with van der Waals surface area (Å²) < 4.78 is 43.1. The quantitative estimate of drug-likeness (QED) is 0.226. The fraction of sp³-hybridized carbons (Fsp3) is 0.391. The Bertz CT molecular complexity index is 1070. The molecule has 0 aromatic heterocycles. The van der Waals surface area contributed by atoms with E-state index in [-0.39, 0.29) is 11.3 Å². The van der Waals surface area contributed by atoms with Gasteiger partial charge in [-0.25, -0.2) is 8.42 Å². The van der Waals surface area contributed by atoms with Crippen LogP contribution in [0.15, 0.2) is 47.4 Å². The summed E-state index contributed by atoms with van der Waals surface area (Å²) in [6, 6.07) is 10.7. The number of benzene rings is 2. The molecule has 3 N–H and O–H groups in total. The van der Waals surface area contributed by atoms with Crippen LogP contribution < -0.4 is 24.8 Å². The number of hydrogen-bond acceptors (Lipinski definition) is 7. The fourth-order valence-electron chi connectivity index (χ4n) is 3.09. The summed E-state index contributed by atoms with van der Waals surface area (Å²) in [6.45, 7) is 2.39. The lowest BCUT2D eigenvalue weighted by atomic mass is 10.1. The van der Waals surface area contributed by atoms with E-state index in [1.165, 1.54) is 19.2 Å². The van der Waals surface area contributed by atoms with Crippen molar-refractivity contribution in [3.63, 3.8) is 0 Å². The summed E-state index contributed by atoms with van der Waals surface area (Å²) in [5.74, 6) is 0.644. The van der Waals surface area contributed by atoms with Crippen molar-refractivity contribution < 1.29 is 27.4 Å². The van der Waals surface area contributed by atoms with Gasteiger partial charge in [0, 0.05) is 12.6 Å². The van der Waals surface area contributed by atoms with Crippen LogP contribution in [0.3, 0.4) is 0 Å². The van der Waals surface area contributed by atoms with Crippen LogP contribution >= 0.6 is 12.2 Å². The van der Waals surface area contributed by atoms with Crippen LogP contribution in [0.25, 0.3) is 0 Å². The number of thiocarbonyl (C=S) groups is 1. The normalized spacial score (nSPS) is 11.9. The van der Waals surface area contributed by atoms with Crippen LogP contribution in [0.1, 0.15) is 24.8 Å². The molecule has 9 nitrogen and oxygen atoms in total. The molecule has 0 fully saturated rings. The number of hydrogen-bond donors (Lipinski definition) is 3. The summed E-state index contributed by atoms with van der Waals surface area (Å²) in [5.41, 5.74) is 1.60. The van der Waals surface area contributed by atoms with Crippen LogP contribution in [0.4, 0.5) is 5.69 Å². The second-order valence-corrected chi connectivity index (χ2v) is 9.58. The van der Waals surface area contributed by atoms with E-state index in [1.54, 1.807) is 44.6 Å². The SMILES string of the molecule is COC(=O)C(CCCCNC(=S)Nc1cc(OC)ccc1OC)NS(=O)(=O)c1ccc(C)cc1. The maximum Gasteiger partial charge on any atom is 0.323 e. The van der Waals surface area contributed by atoms with Gasteiger partial charge in [-0.3, -0.25) is 4.79 Å². The average molecular weight is 510 g/mol. The Morgan fingerprint density at radius 3 is 2.35 bits per heavy atom. The van der Waals surface area contributed by atoms with Crippen molar-refractivity contribution in [2.45, 2.75) is 37.1 Å². The van der Waals surface area contributed by atoms with Gasteiger partial charge in [0.15, 0.2) is 5.11 Å². The third kappa shape index (κ3) is 8.15. The molecule has 0 radical (unpaired) electrons. The van der Waals surface area contributed by atoms with Crippen molar-refractivity contribution in [1.82, 2.24) is 10.0 Å². The fourth-order valence-corrected chi connectivity index (χ4v) is 4.52. The summed E-state index contributed by atoms with van der Waals surface area (Å²) in [7, 11) is 0.514. The molecule has 0 heterocycles. The molecule has 186 valence electrons. The molecule has 0 bridgehead atoms. The van der Waals surface area contributed by atoms with Gasteiger partial charge in [-0.05, 0) is 62.7 Å². The standard InChI is InChI=1S/C23H31N3O6S2/c1-16-8-11-18(12-9-16)34(28,29)26-19(22(27)32-4)7-5-6-14-24-23(33)25-20-15-17(30-2)10-13-21(20)31-3/h8-13,15,19,26H,5-7,14H2,1-4H3,(H2,24,25,33). The summed E-state index contributed by atoms with van der Waals surface area (Å²) in [5, 5.41) is 6.55. The molecule has 0 spiro atoms. The number of unbranched alkanes of at least 4 members (excludes halogenated alkanes) is 1. The third-order valence-electron chi connectivity index (χ3n) is 4.97. The maximum atomic E-state index is 12.6. The van der Waals surface area contributed by atoms with Crippen molar-refractivity contribution in [3.8, 4) is 11.5 Å². The number of esters is 1. The van der Waals surface area contributed by atoms with E-state index in [0.717, 1.165) is 5.56 Å². The van der Waals surface area contributed by atoms with Crippen molar-refractivity contribution in [3.05, 3.63) is 48.0 Å². The number of carbonyl (C=O) groups excluding carboxylic acids is 1. The number of rotatable bonds is 12. The van der Waals surface area contributed by atoms with Crippen LogP contribution in [0.2, 0.25) is 0 Å². The Morgan fingerprint density at radius 2 is 1.74 bits per heavy atom. The minimum Gasteiger partial charge on any atom is -0.497 e. The van der Waals surface area contributed by atoms with E-state index in [1.807, 2.05) is 6.92 Å². The van der Waals surface area contributed by atoms with Gasteiger partial charge in [0.2, 0.25) is 10.0 Å². The Hall–Kier alpha value is -2.89. The Kier molecular flexibility index (Phi) is 10.6. The summed E-state index contributed by atoms with van der Waals surface area (Å²) in [4.78, 5) is 12.2. The lowest BCUT2D eigenvalue weighted by Crippen LogP contribution is -2.41. The zero-order valence-electron chi connectivity index (χ0n) is 19.7. The number of sulfonamides is 1. The number of carbonyl (C=O) groups is 1.